The molecule has 0 spiro atoms. The molecule has 0 aliphatic carbocycles. The van der Waals surface area contributed by atoms with E-state index in [4.69, 9.17) is 4.74 Å². The van der Waals surface area contributed by atoms with E-state index in [9.17, 15) is 13.2 Å². The van der Waals surface area contributed by atoms with E-state index in [0.29, 0.717) is 39.3 Å². The molecule has 1 amide bonds. The number of nitrogens with one attached hydrogen (secondary N) is 3. The molecule has 4 aromatic rings. The minimum absolute atomic E-state index is 0.0865. The summed E-state index contributed by atoms with van der Waals surface area (Å²) in [5, 5.41) is 3.45. The number of benzene rings is 2. The van der Waals surface area contributed by atoms with Crippen molar-refractivity contribution in [1.29, 1.82) is 0 Å². The van der Waals surface area contributed by atoms with E-state index in [1.807, 2.05) is 12.1 Å². The number of sulfonamides is 1. The van der Waals surface area contributed by atoms with Gasteiger partial charge in [-0.05, 0) is 36.4 Å². The van der Waals surface area contributed by atoms with Crippen molar-refractivity contribution in [3.05, 3.63) is 67.0 Å². The van der Waals surface area contributed by atoms with Crippen LogP contribution >= 0.6 is 0 Å². The predicted molar refractivity (Wildman–Crippen MR) is 120 cm³/mol. The third-order valence-electron chi connectivity index (χ3n) is 4.66. The number of anilines is 2. The van der Waals surface area contributed by atoms with Crippen molar-refractivity contribution in [3.8, 4) is 16.9 Å². The monoisotopic (exact) mass is 436 g/mol. The number of para-hydroxylation sites is 1. The van der Waals surface area contributed by atoms with Gasteiger partial charge in [-0.2, -0.15) is 0 Å². The van der Waals surface area contributed by atoms with Crippen molar-refractivity contribution in [2.45, 2.75) is 11.8 Å². The average molecular weight is 436 g/mol. The van der Waals surface area contributed by atoms with Crippen LogP contribution in [0.3, 0.4) is 0 Å². The Morgan fingerprint density at radius 1 is 1.10 bits per heavy atom. The van der Waals surface area contributed by atoms with Gasteiger partial charge in [0.2, 0.25) is 5.91 Å². The molecule has 158 valence electrons. The van der Waals surface area contributed by atoms with Gasteiger partial charge in [-0.3, -0.25) is 9.52 Å². The van der Waals surface area contributed by atoms with Gasteiger partial charge >= 0.3 is 0 Å². The number of nitrogens with zero attached hydrogens (tertiary/aromatic N) is 1. The van der Waals surface area contributed by atoms with Gasteiger partial charge in [-0.1, -0.05) is 18.2 Å². The largest absolute Gasteiger partial charge is 0.496 e. The summed E-state index contributed by atoms with van der Waals surface area (Å²) < 4.78 is 33.8. The van der Waals surface area contributed by atoms with E-state index in [-0.39, 0.29) is 10.8 Å². The van der Waals surface area contributed by atoms with E-state index in [2.05, 4.69) is 20.0 Å². The number of hydrogen-bond donors (Lipinski definition) is 3. The minimum atomic E-state index is -3.81. The van der Waals surface area contributed by atoms with Crippen LogP contribution < -0.4 is 14.8 Å². The van der Waals surface area contributed by atoms with Crippen molar-refractivity contribution >= 4 is 38.3 Å². The molecule has 4 rings (SSSR count). The number of H-pyrrole nitrogens is 1. The lowest BCUT2D eigenvalue weighted by Gasteiger charge is -2.13. The predicted octanol–water partition coefficient (Wildman–Crippen LogP) is 4.00. The van der Waals surface area contributed by atoms with Gasteiger partial charge in [0.15, 0.2) is 0 Å². The number of pyridine rings is 1. The Labute approximate surface area is 179 Å². The second-order valence-electron chi connectivity index (χ2n) is 6.84. The summed E-state index contributed by atoms with van der Waals surface area (Å²) in [5.74, 6) is 0.292. The third kappa shape index (κ3) is 4.22. The highest BCUT2D eigenvalue weighted by Gasteiger charge is 2.18. The number of ether oxygens (including phenoxy) is 1. The van der Waals surface area contributed by atoms with Gasteiger partial charge in [-0.25, -0.2) is 13.4 Å². The van der Waals surface area contributed by atoms with Crippen LogP contribution in [0.2, 0.25) is 0 Å². The topological polar surface area (TPSA) is 113 Å². The van der Waals surface area contributed by atoms with E-state index >= 15 is 0 Å². The molecule has 0 unspecified atom stereocenters. The normalized spacial score (nSPS) is 11.3. The molecule has 0 radical (unpaired) electrons. The maximum Gasteiger partial charge on any atom is 0.261 e. The van der Waals surface area contributed by atoms with Crippen LogP contribution in [-0.4, -0.2) is 31.4 Å². The maximum atomic E-state index is 12.9. The lowest BCUT2D eigenvalue weighted by atomic mass is 10.1. The van der Waals surface area contributed by atoms with Crippen LogP contribution in [0.25, 0.3) is 22.2 Å². The van der Waals surface area contributed by atoms with Crippen LogP contribution in [0.5, 0.6) is 5.75 Å². The second-order valence-corrected chi connectivity index (χ2v) is 8.52. The first-order valence-electron chi connectivity index (χ1n) is 9.38. The molecule has 31 heavy (non-hydrogen) atoms. The maximum absolute atomic E-state index is 12.9. The number of carbonyl (C=O) groups excluding carboxylic acids is 1. The fourth-order valence-electron chi connectivity index (χ4n) is 3.24. The fraction of sp³-hybridized carbons (Fsp3) is 0.0909. The summed E-state index contributed by atoms with van der Waals surface area (Å²) in [6, 6.07) is 15.1. The molecule has 0 fully saturated rings. The Hall–Kier alpha value is -3.85. The Kier molecular flexibility index (Phi) is 5.35. The number of carbonyl (C=O) groups is 1. The number of aromatic amines is 1. The van der Waals surface area contributed by atoms with Crippen LogP contribution in [-0.2, 0) is 14.8 Å². The lowest BCUT2D eigenvalue weighted by molar-refractivity contribution is -0.114. The molecule has 3 N–H and O–H groups in total. The number of hydrogen-bond acceptors (Lipinski definition) is 5. The SMILES string of the molecule is COc1ccc(S(=O)(=O)Nc2ccccc2)cc1-c1cnc2[nH]cc(NC(C)=O)c2c1. The first-order chi connectivity index (χ1) is 14.9. The van der Waals surface area contributed by atoms with E-state index in [1.54, 1.807) is 42.7 Å². The van der Waals surface area contributed by atoms with Gasteiger partial charge in [0.1, 0.15) is 11.4 Å². The second kappa shape index (κ2) is 8.11. The van der Waals surface area contributed by atoms with E-state index < -0.39 is 10.0 Å². The summed E-state index contributed by atoms with van der Waals surface area (Å²) in [6.07, 6.45) is 3.28. The lowest BCUT2D eigenvalue weighted by Crippen LogP contribution is -2.13. The van der Waals surface area contributed by atoms with Gasteiger partial charge in [0.25, 0.3) is 10.0 Å². The average Bonchev–Trinajstić information content (AvgIpc) is 3.15. The first kappa shape index (κ1) is 20.4. The highest BCUT2D eigenvalue weighted by molar-refractivity contribution is 7.92. The van der Waals surface area contributed by atoms with Crippen molar-refractivity contribution in [3.63, 3.8) is 0 Å². The Morgan fingerprint density at radius 3 is 2.58 bits per heavy atom. The van der Waals surface area contributed by atoms with Crippen LogP contribution in [0.15, 0.2) is 71.9 Å². The zero-order valence-electron chi connectivity index (χ0n) is 16.8. The summed E-state index contributed by atoms with van der Waals surface area (Å²) in [7, 11) is -2.30. The molecule has 0 aliphatic heterocycles. The highest BCUT2D eigenvalue weighted by Crippen LogP contribution is 2.35. The molecule has 0 saturated heterocycles. The van der Waals surface area contributed by atoms with E-state index in [1.165, 1.54) is 26.2 Å². The first-order valence-corrected chi connectivity index (χ1v) is 10.9. The summed E-state index contributed by atoms with van der Waals surface area (Å²) in [4.78, 5) is 19.0. The van der Waals surface area contributed by atoms with Crippen molar-refractivity contribution in [2.24, 2.45) is 0 Å². The number of aromatic nitrogens is 2. The van der Waals surface area contributed by atoms with Gasteiger partial charge in [0, 0.05) is 41.5 Å². The molecule has 0 bridgehead atoms. The van der Waals surface area contributed by atoms with Crippen LogP contribution in [0, 0.1) is 0 Å². The Balaban J connectivity index is 1.78. The van der Waals surface area contributed by atoms with Gasteiger partial charge in [0.05, 0.1) is 17.7 Å². The number of amides is 1. The molecule has 8 nitrogen and oxygen atoms in total. The zero-order chi connectivity index (χ0) is 22.0. The minimum Gasteiger partial charge on any atom is -0.496 e. The number of fused-ring (bicyclic) bond motifs is 1. The van der Waals surface area contributed by atoms with E-state index in [0.717, 1.165) is 0 Å². The standard InChI is InChI=1S/C22H20N4O4S/c1-14(27)25-20-13-24-22-19(20)10-15(12-23-22)18-11-17(8-9-21(18)30-2)31(28,29)26-16-6-4-3-5-7-16/h3-13,26H,1-2H3,(H,23,24)(H,25,27). The molecular weight excluding hydrogens is 416 g/mol. The molecule has 2 aromatic carbocycles. The quantitative estimate of drug-likeness (QED) is 0.423. The van der Waals surface area contributed by atoms with Gasteiger partial charge < -0.3 is 15.0 Å². The number of methoxy groups -OCH3 is 1. The number of rotatable bonds is 6. The fourth-order valence-corrected chi connectivity index (χ4v) is 4.33. The smallest absolute Gasteiger partial charge is 0.261 e. The van der Waals surface area contributed by atoms with Crippen LogP contribution in [0.1, 0.15) is 6.92 Å². The molecular formula is C22H20N4O4S. The molecule has 0 atom stereocenters. The van der Waals surface area contributed by atoms with Crippen LogP contribution in [0.4, 0.5) is 11.4 Å². The molecule has 9 heteroatoms. The zero-order valence-corrected chi connectivity index (χ0v) is 17.7. The van der Waals surface area contributed by atoms with Crippen molar-refractivity contribution in [1.82, 2.24) is 9.97 Å². The molecule has 2 aromatic heterocycles. The molecule has 0 saturated carbocycles. The molecule has 2 heterocycles. The summed E-state index contributed by atoms with van der Waals surface area (Å²) >= 11 is 0. The van der Waals surface area contributed by atoms with Gasteiger partial charge in [-0.15, -0.1) is 0 Å². The van der Waals surface area contributed by atoms with Crippen molar-refractivity contribution in [2.75, 3.05) is 17.1 Å². The Morgan fingerprint density at radius 2 is 1.87 bits per heavy atom. The summed E-state index contributed by atoms with van der Waals surface area (Å²) in [6.45, 7) is 1.42. The van der Waals surface area contributed by atoms with Crippen molar-refractivity contribution < 1.29 is 17.9 Å². The Bertz CT molecular complexity index is 1370. The highest BCUT2D eigenvalue weighted by atomic mass is 32.2. The summed E-state index contributed by atoms with van der Waals surface area (Å²) in [5.41, 5.74) is 2.86. The third-order valence-corrected chi connectivity index (χ3v) is 6.04. The molecule has 0 aliphatic rings.